The second-order valence-corrected chi connectivity index (χ2v) is 4.99. The molecular formula is C14H19NO4. The van der Waals surface area contributed by atoms with Crippen LogP contribution < -0.4 is 5.32 Å². The molecule has 1 aromatic carbocycles. The lowest BCUT2D eigenvalue weighted by Crippen LogP contribution is -2.41. The van der Waals surface area contributed by atoms with E-state index in [0.29, 0.717) is 17.5 Å². The number of benzene rings is 1. The molecule has 3 N–H and O–H groups in total. The normalized spacial score (nSPS) is 12.2. The number of rotatable bonds is 5. The van der Waals surface area contributed by atoms with Crippen molar-refractivity contribution in [2.24, 2.45) is 5.92 Å². The van der Waals surface area contributed by atoms with Crippen LogP contribution in [-0.4, -0.2) is 28.1 Å². The SMILES string of the molecule is Cc1cc(O)ccc1C(=O)N[C@@H](CC(C)C)C(=O)O. The first-order valence-electron chi connectivity index (χ1n) is 6.14. The topological polar surface area (TPSA) is 86.6 Å². The lowest BCUT2D eigenvalue weighted by atomic mass is 10.0. The van der Waals surface area contributed by atoms with Gasteiger partial charge in [-0.15, -0.1) is 0 Å². The maximum atomic E-state index is 12.0. The summed E-state index contributed by atoms with van der Waals surface area (Å²) in [5.74, 6) is -1.24. The van der Waals surface area contributed by atoms with Crippen LogP contribution in [-0.2, 0) is 4.79 Å². The number of hydrogen-bond acceptors (Lipinski definition) is 3. The first kappa shape index (κ1) is 15.0. The second-order valence-electron chi connectivity index (χ2n) is 4.99. The summed E-state index contributed by atoms with van der Waals surface area (Å²) in [5.41, 5.74) is 0.971. The fourth-order valence-corrected chi connectivity index (χ4v) is 1.83. The predicted molar refractivity (Wildman–Crippen MR) is 71.2 cm³/mol. The van der Waals surface area contributed by atoms with Gasteiger partial charge in [-0.1, -0.05) is 13.8 Å². The van der Waals surface area contributed by atoms with E-state index in [0.717, 1.165) is 0 Å². The second kappa shape index (κ2) is 6.22. The zero-order chi connectivity index (χ0) is 14.6. The maximum absolute atomic E-state index is 12.0. The Bertz CT molecular complexity index is 482. The summed E-state index contributed by atoms with van der Waals surface area (Å²) in [6, 6.07) is 3.45. The third kappa shape index (κ3) is 4.28. The molecule has 19 heavy (non-hydrogen) atoms. The lowest BCUT2D eigenvalue weighted by molar-refractivity contribution is -0.139. The molecule has 1 atom stereocenters. The van der Waals surface area contributed by atoms with Crippen LogP contribution in [0.1, 0.15) is 36.2 Å². The van der Waals surface area contributed by atoms with Gasteiger partial charge in [0.2, 0.25) is 0 Å². The zero-order valence-electron chi connectivity index (χ0n) is 11.3. The molecule has 0 fully saturated rings. The van der Waals surface area contributed by atoms with E-state index < -0.39 is 17.9 Å². The molecule has 5 nitrogen and oxygen atoms in total. The van der Waals surface area contributed by atoms with Gasteiger partial charge in [-0.05, 0) is 43.0 Å². The number of hydrogen-bond donors (Lipinski definition) is 3. The van der Waals surface area contributed by atoms with Crippen LogP contribution in [0.3, 0.4) is 0 Å². The average molecular weight is 265 g/mol. The molecule has 1 amide bonds. The van der Waals surface area contributed by atoms with Crippen molar-refractivity contribution in [3.8, 4) is 5.75 Å². The fourth-order valence-electron chi connectivity index (χ4n) is 1.83. The van der Waals surface area contributed by atoms with Gasteiger partial charge in [-0.25, -0.2) is 4.79 Å². The first-order chi connectivity index (χ1) is 8.81. The smallest absolute Gasteiger partial charge is 0.326 e. The molecule has 0 saturated heterocycles. The molecule has 0 heterocycles. The molecule has 1 aromatic rings. The minimum Gasteiger partial charge on any atom is -0.508 e. The number of carboxylic acids is 1. The van der Waals surface area contributed by atoms with E-state index in [9.17, 15) is 14.7 Å². The standard InChI is InChI=1S/C14H19NO4/c1-8(2)6-12(14(18)19)15-13(17)11-5-4-10(16)7-9(11)3/h4-5,7-8,12,16H,6H2,1-3H3,(H,15,17)(H,18,19)/t12-/m0/s1. The molecule has 0 bridgehead atoms. The molecule has 0 radical (unpaired) electrons. The van der Waals surface area contributed by atoms with Crippen molar-refractivity contribution >= 4 is 11.9 Å². The number of carbonyl (C=O) groups is 2. The van der Waals surface area contributed by atoms with Crippen molar-refractivity contribution < 1.29 is 19.8 Å². The maximum Gasteiger partial charge on any atom is 0.326 e. The third-order valence-corrected chi connectivity index (χ3v) is 2.77. The number of phenols is 1. The minimum absolute atomic E-state index is 0.0750. The highest BCUT2D eigenvalue weighted by Gasteiger charge is 2.22. The van der Waals surface area contributed by atoms with Gasteiger partial charge in [-0.2, -0.15) is 0 Å². The van der Waals surface area contributed by atoms with Crippen LogP contribution in [0.15, 0.2) is 18.2 Å². The number of aromatic hydroxyl groups is 1. The molecule has 0 aromatic heterocycles. The number of aryl methyl sites for hydroxylation is 1. The highest BCUT2D eigenvalue weighted by Crippen LogP contribution is 2.16. The molecule has 0 spiro atoms. The number of aliphatic carboxylic acids is 1. The minimum atomic E-state index is -1.04. The van der Waals surface area contributed by atoms with E-state index in [1.165, 1.54) is 18.2 Å². The lowest BCUT2D eigenvalue weighted by Gasteiger charge is -2.17. The van der Waals surface area contributed by atoms with Crippen molar-refractivity contribution in [3.05, 3.63) is 29.3 Å². The van der Waals surface area contributed by atoms with Gasteiger partial charge in [0, 0.05) is 5.56 Å². The number of carbonyl (C=O) groups excluding carboxylic acids is 1. The number of amides is 1. The van der Waals surface area contributed by atoms with E-state index in [4.69, 9.17) is 5.11 Å². The Labute approximate surface area is 112 Å². The van der Waals surface area contributed by atoms with E-state index in [-0.39, 0.29) is 11.7 Å². The number of phenolic OH excluding ortho intramolecular Hbond substituents is 1. The molecule has 0 aliphatic carbocycles. The van der Waals surface area contributed by atoms with Gasteiger partial charge in [0.25, 0.3) is 5.91 Å². The fraction of sp³-hybridized carbons (Fsp3) is 0.429. The van der Waals surface area contributed by atoms with Crippen molar-refractivity contribution in [1.29, 1.82) is 0 Å². The third-order valence-electron chi connectivity index (χ3n) is 2.77. The van der Waals surface area contributed by atoms with Gasteiger partial charge in [0.05, 0.1) is 0 Å². The molecule has 5 heteroatoms. The van der Waals surface area contributed by atoms with Gasteiger partial charge >= 0.3 is 5.97 Å². The largest absolute Gasteiger partial charge is 0.508 e. The van der Waals surface area contributed by atoms with E-state index in [2.05, 4.69) is 5.32 Å². The van der Waals surface area contributed by atoms with Crippen LogP contribution in [0.5, 0.6) is 5.75 Å². The Hall–Kier alpha value is -2.04. The van der Waals surface area contributed by atoms with Gasteiger partial charge in [0.15, 0.2) is 0 Å². The van der Waals surface area contributed by atoms with Crippen molar-refractivity contribution in [2.75, 3.05) is 0 Å². The predicted octanol–water partition coefficient (Wildman–Crippen LogP) is 1.93. The number of nitrogens with one attached hydrogen (secondary N) is 1. The highest BCUT2D eigenvalue weighted by molar-refractivity contribution is 5.97. The monoisotopic (exact) mass is 265 g/mol. The van der Waals surface area contributed by atoms with Gasteiger partial charge in [-0.3, -0.25) is 4.79 Å². The summed E-state index contributed by atoms with van der Waals surface area (Å²) < 4.78 is 0. The van der Waals surface area contributed by atoms with Crippen LogP contribution in [0.4, 0.5) is 0 Å². The quantitative estimate of drug-likeness (QED) is 0.759. The summed E-state index contributed by atoms with van der Waals surface area (Å²) in [6.45, 7) is 5.48. The Kier molecular flexibility index (Phi) is 4.92. The zero-order valence-corrected chi connectivity index (χ0v) is 11.3. The van der Waals surface area contributed by atoms with E-state index >= 15 is 0 Å². The van der Waals surface area contributed by atoms with Gasteiger partial charge < -0.3 is 15.5 Å². The molecule has 104 valence electrons. The van der Waals surface area contributed by atoms with Crippen LogP contribution in [0.25, 0.3) is 0 Å². The van der Waals surface area contributed by atoms with E-state index in [1.807, 2.05) is 13.8 Å². The molecule has 0 aliphatic rings. The number of carboxylic acid groups (broad SMARTS) is 1. The summed E-state index contributed by atoms with van der Waals surface area (Å²) in [6.07, 6.45) is 0.373. The Morgan fingerprint density at radius 1 is 1.32 bits per heavy atom. The molecular weight excluding hydrogens is 246 g/mol. The Morgan fingerprint density at radius 3 is 2.42 bits per heavy atom. The first-order valence-corrected chi connectivity index (χ1v) is 6.14. The Morgan fingerprint density at radius 2 is 1.95 bits per heavy atom. The molecule has 0 aliphatic heterocycles. The van der Waals surface area contributed by atoms with E-state index in [1.54, 1.807) is 6.92 Å². The van der Waals surface area contributed by atoms with Gasteiger partial charge in [0.1, 0.15) is 11.8 Å². The molecule has 0 saturated carbocycles. The molecule has 1 rings (SSSR count). The summed E-state index contributed by atoms with van der Waals surface area (Å²) in [7, 11) is 0. The summed E-state index contributed by atoms with van der Waals surface area (Å²) in [4.78, 5) is 23.1. The Balaban J connectivity index is 2.84. The summed E-state index contributed by atoms with van der Waals surface area (Å²) >= 11 is 0. The average Bonchev–Trinajstić information content (AvgIpc) is 2.26. The molecule has 0 unspecified atom stereocenters. The van der Waals surface area contributed by atoms with Crippen LogP contribution in [0, 0.1) is 12.8 Å². The van der Waals surface area contributed by atoms with Crippen molar-refractivity contribution in [3.63, 3.8) is 0 Å². The summed E-state index contributed by atoms with van der Waals surface area (Å²) in [5, 5.41) is 20.9. The van der Waals surface area contributed by atoms with Crippen molar-refractivity contribution in [2.45, 2.75) is 33.2 Å². The van der Waals surface area contributed by atoms with Crippen LogP contribution >= 0.6 is 0 Å². The van der Waals surface area contributed by atoms with Crippen LogP contribution in [0.2, 0.25) is 0 Å². The van der Waals surface area contributed by atoms with Crippen molar-refractivity contribution in [1.82, 2.24) is 5.32 Å². The highest BCUT2D eigenvalue weighted by atomic mass is 16.4.